The van der Waals surface area contributed by atoms with Crippen LogP contribution >= 0.6 is 11.3 Å². The second-order valence-corrected chi connectivity index (χ2v) is 6.64. The van der Waals surface area contributed by atoms with Gasteiger partial charge in [0.1, 0.15) is 5.82 Å². The molecule has 23 heavy (non-hydrogen) atoms. The summed E-state index contributed by atoms with van der Waals surface area (Å²) in [6.45, 7) is 4.98. The van der Waals surface area contributed by atoms with Gasteiger partial charge in [0.25, 0.3) is 0 Å². The summed E-state index contributed by atoms with van der Waals surface area (Å²) < 4.78 is 13.0. The molecule has 1 aromatic carbocycles. The van der Waals surface area contributed by atoms with Gasteiger partial charge in [-0.25, -0.2) is 14.2 Å². The SMILES string of the molecule is C[C@@H]1CN(C(=O)O)[C@@H](C)CN1c1nc(-c2ccc(F)cc2)cs1. The molecule has 122 valence electrons. The van der Waals surface area contributed by atoms with Crippen molar-refractivity contribution in [1.29, 1.82) is 0 Å². The highest BCUT2D eigenvalue weighted by molar-refractivity contribution is 7.14. The molecule has 0 bridgehead atoms. The second-order valence-electron chi connectivity index (χ2n) is 5.81. The number of rotatable bonds is 2. The fourth-order valence-corrected chi connectivity index (χ4v) is 3.76. The number of halogens is 1. The Balaban J connectivity index is 1.80. The topological polar surface area (TPSA) is 56.7 Å². The van der Waals surface area contributed by atoms with Crippen molar-refractivity contribution in [3.8, 4) is 11.3 Å². The number of piperazine rings is 1. The van der Waals surface area contributed by atoms with E-state index in [0.29, 0.717) is 13.1 Å². The summed E-state index contributed by atoms with van der Waals surface area (Å²) in [5.74, 6) is -0.267. The molecule has 0 radical (unpaired) electrons. The molecule has 0 aliphatic carbocycles. The number of hydrogen-bond donors (Lipinski definition) is 1. The van der Waals surface area contributed by atoms with Gasteiger partial charge in [-0.2, -0.15) is 0 Å². The molecule has 0 saturated carbocycles. The van der Waals surface area contributed by atoms with Crippen molar-refractivity contribution in [2.75, 3.05) is 18.0 Å². The van der Waals surface area contributed by atoms with Crippen molar-refractivity contribution in [1.82, 2.24) is 9.88 Å². The standard InChI is InChI=1S/C16H18FN3O2S/c1-10-8-20(16(21)22)11(2)7-19(10)15-18-14(9-23-15)12-3-5-13(17)6-4-12/h3-6,9-11H,7-8H2,1-2H3,(H,21,22)/t10-,11+/m1/s1. The van der Waals surface area contributed by atoms with E-state index in [-0.39, 0.29) is 17.9 Å². The van der Waals surface area contributed by atoms with Crippen molar-refractivity contribution in [2.45, 2.75) is 25.9 Å². The van der Waals surface area contributed by atoms with Crippen LogP contribution in [0.3, 0.4) is 0 Å². The van der Waals surface area contributed by atoms with E-state index >= 15 is 0 Å². The molecular weight excluding hydrogens is 317 g/mol. The number of hydrogen-bond acceptors (Lipinski definition) is 4. The Morgan fingerprint density at radius 1 is 1.26 bits per heavy atom. The lowest BCUT2D eigenvalue weighted by Crippen LogP contribution is -2.58. The van der Waals surface area contributed by atoms with E-state index in [1.54, 1.807) is 12.1 Å². The van der Waals surface area contributed by atoms with E-state index in [2.05, 4.69) is 9.88 Å². The molecule has 3 rings (SSSR count). The maximum Gasteiger partial charge on any atom is 0.407 e. The Morgan fingerprint density at radius 2 is 1.96 bits per heavy atom. The van der Waals surface area contributed by atoms with E-state index < -0.39 is 6.09 Å². The van der Waals surface area contributed by atoms with Crippen LogP contribution in [-0.4, -0.2) is 46.3 Å². The van der Waals surface area contributed by atoms with E-state index in [0.717, 1.165) is 16.4 Å². The number of amides is 1. The van der Waals surface area contributed by atoms with Gasteiger partial charge < -0.3 is 14.9 Å². The maximum atomic E-state index is 13.0. The molecule has 1 aliphatic heterocycles. The molecule has 1 fully saturated rings. The van der Waals surface area contributed by atoms with E-state index in [4.69, 9.17) is 0 Å². The Kier molecular flexibility index (Phi) is 4.21. The van der Waals surface area contributed by atoms with Crippen molar-refractivity contribution in [3.05, 3.63) is 35.5 Å². The normalized spacial score (nSPS) is 21.5. The minimum atomic E-state index is -0.880. The summed E-state index contributed by atoms with van der Waals surface area (Å²) in [5, 5.41) is 12.0. The fraction of sp³-hybridized carbons (Fsp3) is 0.375. The summed E-state index contributed by atoms with van der Waals surface area (Å²) in [5.41, 5.74) is 1.68. The van der Waals surface area contributed by atoms with Crippen molar-refractivity contribution < 1.29 is 14.3 Å². The molecule has 1 aliphatic rings. The molecule has 1 amide bonds. The van der Waals surface area contributed by atoms with Crippen LogP contribution < -0.4 is 4.90 Å². The van der Waals surface area contributed by atoms with Gasteiger partial charge in [-0.15, -0.1) is 11.3 Å². The summed E-state index contributed by atoms with van der Waals surface area (Å²) in [6.07, 6.45) is -0.880. The number of anilines is 1. The first-order valence-electron chi connectivity index (χ1n) is 7.43. The van der Waals surface area contributed by atoms with E-state index in [1.165, 1.54) is 28.4 Å². The minimum absolute atomic E-state index is 0.0644. The van der Waals surface area contributed by atoms with Gasteiger partial charge in [0.15, 0.2) is 5.13 Å². The van der Waals surface area contributed by atoms with Crippen LogP contribution in [0.25, 0.3) is 11.3 Å². The zero-order valence-electron chi connectivity index (χ0n) is 12.9. The van der Waals surface area contributed by atoms with Crippen LogP contribution in [0.2, 0.25) is 0 Å². The Bertz CT molecular complexity index is 704. The molecule has 2 atom stereocenters. The third-order valence-electron chi connectivity index (χ3n) is 4.11. The number of benzene rings is 1. The molecule has 2 aromatic rings. The first kappa shape index (κ1) is 15.7. The molecular formula is C16H18FN3O2S. The van der Waals surface area contributed by atoms with Crippen LogP contribution in [0, 0.1) is 5.82 Å². The largest absolute Gasteiger partial charge is 0.465 e. The molecule has 0 unspecified atom stereocenters. The predicted octanol–water partition coefficient (Wildman–Crippen LogP) is 3.53. The van der Waals surface area contributed by atoms with Gasteiger partial charge >= 0.3 is 6.09 Å². The average molecular weight is 335 g/mol. The minimum Gasteiger partial charge on any atom is -0.465 e. The predicted molar refractivity (Wildman–Crippen MR) is 88.5 cm³/mol. The first-order chi connectivity index (χ1) is 11.0. The van der Waals surface area contributed by atoms with Crippen molar-refractivity contribution >= 4 is 22.6 Å². The lowest BCUT2D eigenvalue weighted by atomic mass is 10.1. The zero-order chi connectivity index (χ0) is 16.6. The monoisotopic (exact) mass is 335 g/mol. The molecule has 0 spiro atoms. The highest BCUT2D eigenvalue weighted by atomic mass is 32.1. The van der Waals surface area contributed by atoms with Gasteiger partial charge in [-0.3, -0.25) is 0 Å². The van der Waals surface area contributed by atoms with E-state index in [9.17, 15) is 14.3 Å². The van der Waals surface area contributed by atoms with Crippen LogP contribution in [-0.2, 0) is 0 Å². The first-order valence-corrected chi connectivity index (χ1v) is 8.31. The van der Waals surface area contributed by atoms with Gasteiger partial charge in [0.05, 0.1) is 5.69 Å². The maximum absolute atomic E-state index is 13.0. The van der Waals surface area contributed by atoms with Gasteiger partial charge in [0, 0.05) is 36.1 Å². The Morgan fingerprint density at radius 3 is 2.61 bits per heavy atom. The van der Waals surface area contributed by atoms with Crippen molar-refractivity contribution in [3.63, 3.8) is 0 Å². The molecule has 1 aromatic heterocycles. The fourth-order valence-electron chi connectivity index (χ4n) is 2.81. The molecule has 2 heterocycles. The number of thiazole rings is 1. The number of nitrogens with zero attached hydrogens (tertiary/aromatic N) is 3. The molecule has 5 nitrogen and oxygen atoms in total. The number of carboxylic acid groups (broad SMARTS) is 1. The average Bonchev–Trinajstić information content (AvgIpc) is 2.99. The van der Waals surface area contributed by atoms with Gasteiger partial charge in [-0.1, -0.05) is 0 Å². The summed E-state index contributed by atoms with van der Waals surface area (Å²) in [7, 11) is 0. The summed E-state index contributed by atoms with van der Waals surface area (Å²) >= 11 is 1.53. The van der Waals surface area contributed by atoms with Crippen LogP contribution in [0.4, 0.5) is 14.3 Å². The second kappa shape index (κ2) is 6.16. The van der Waals surface area contributed by atoms with E-state index in [1.807, 2.05) is 19.2 Å². The zero-order valence-corrected chi connectivity index (χ0v) is 13.8. The third kappa shape index (κ3) is 3.14. The smallest absolute Gasteiger partial charge is 0.407 e. The van der Waals surface area contributed by atoms with Gasteiger partial charge in [0.2, 0.25) is 0 Å². The van der Waals surface area contributed by atoms with Crippen LogP contribution in [0.5, 0.6) is 0 Å². The third-order valence-corrected chi connectivity index (χ3v) is 4.99. The number of carbonyl (C=O) groups is 1. The lowest BCUT2D eigenvalue weighted by Gasteiger charge is -2.42. The molecule has 7 heteroatoms. The highest BCUT2D eigenvalue weighted by Gasteiger charge is 2.33. The Labute approximate surface area is 138 Å². The highest BCUT2D eigenvalue weighted by Crippen LogP contribution is 2.30. The molecule has 1 saturated heterocycles. The van der Waals surface area contributed by atoms with Crippen LogP contribution in [0.15, 0.2) is 29.6 Å². The van der Waals surface area contributed by atoms with Gasteiger partial charge in [-0.05, 0) is 38.1 Å². The molecule has 1 N–H and O–H groups in total. The summed E-state index contributed by atoms with van der Waals surface area (Å²) in [6, 6.07) is 6.25. The summed E-state index contributed by atoms with van der Waals surface area (Å²) in [4.78, 5) is 19.5. The van der Waals surface area contributed by atoms with Crippen LogP contribution in [0.1, 0.15) is 13.8 Å². The number of aromatic nitrogens is 1. The lowest BCUT2D eigenvalue weighted by molar-refractivity contribution is 0.114. The quantitative estimate of drug-likeness (QED) is 0.912. The van der Waals surface area contributed by atoms with Crippen molar-refractivity contribution in [2.24, 2.45) is 0 Å². The Hall–Kier alpha value is -2.15.